The van der Waals surface area contributed by atoms with Crippen LogP contribution in [0.15, 0.2) is 54.6 Å². The van der Waals surface area contributed by atoms with Gasteiger partial charge in [-0.05, 0) is 52.2 Å². The molecule has 0 amide bonds. The first-order chi connectivity index (χ1) is 13.6. The fourth-order valence-electron chi connectivity index (χ4n) is 8.56. The molecule has 4 aliphatic carbocycles. The van der Waals surface area contributed by atoms with Crippen molar-refractivity contribution in [1.29, 1.82) is 0 Å². The fraction of sp³-hybridized carbons (Fsp3) is 0.630. The Bertz CT molecular complexity index is 745. The van der Waals surface area contributed by atoms with Crippen molar-refractivity contribution in [2.24, 2.45) is 29.6 Å². The summed E-state index contributed by atoms with van der Waals surface area (Å²) >= 11 is 0. The van der Waals surface area contributed by atoms with Gasteiger partial charge in [0.25, 0.3) is 0 Å². The third-order valence-corrected chi connectivity index (χ3v) is 14.8. The zero-order valence-electron chi connectivity index (χ0n) is 18.1. The molecule has 8 atom stereocenters. The van der Waals surface area contributed by atoms with E-state index < -0.39 is 8.07 Å². The average Bonchev–Trinajstić information content (AvgIpc) is 3.27. The standard InChI is InChI=1S/C27H38Si/c1-19-26(21-12-5-4-6-13-21)23-15-9-10-16-24(23)27(19)28(2,3)25-18-17-20-11-7-8-14-22(20)25/h4-6,9-10,12-13,15-16,19-20,22-27H,7-8,11,14,17-18H2,1-3H3. The van der Waals surface area contributed by atoms with Crippen molar-refractivity contribution in [3.8, 4) is 0 Å². The van der Waals surface area contributed by atoms with Crippen LogP contribution >= 0.6 is 0 Å². The van der Waals surface area contributed by atoms with Crippen molar-refractivity contribution in [1.82, 2.24) is 0 Å². The van der Waals surface area contributed by atoms with Gasteiger partial charge in [-0.15, -0.1) is 0 Å². The van der Waals surface area contributed by atoms with E-state index in [0.717, 1.165) is 34.8 Å². The van der Waals surface area contributed by atoms with Crippen LogP contribution in [0.1, 0.15) is 56.9 Å². The van der Waals surface area contributed by atoms with Crippen molar-refractivity contribution >= 4 is 8.07 Å². The number of allylic oxidation sites excluding steroid dienone is 4. The van der Waals surface area contributed by atoms with Gasteiger partial charge in [0.1, 0.15) is 0 Å². The molecule has 0 radical (unpaired) electrons. The van der Waals surface area contributed by atoms with E-state index in [1.165, 1.54) is 19.3 Å². The molecule has 3 saturated carbocycles. The molecule has 150 valence electrons. The molecule has 0 aromatic heterocycles. The van der Waals surface area contributed by atoms with Gasteiger partial charge in [0.15, 0.2) is 0 Å². The van der Waals surface area contributed by atoms with Crippen LogP contribution < -0.4 is 0 Å². The predicted molar refractivity (Wildman–Crippen MR) is 123 cm³/mol. The molecule has 0 bridgehead atoms. The largest absolute Gasteiger partial charge is 0.0808 e. The highest BCUT2D eigenvalue weighted by molar-refractivity contribution is 6.80. The van der Waals surface area contributed by atoms with Crippen LogP contribution in [-0.2, 0) is 0 Å². The quantitative estimate of drug-likeness (QED) is 0.461. The highest BCUT2D eigenvalue weighted by Crippen LogP contribution is 2.64. The van der Waals surface area contributed by atoms with Gasteiger partial charge in [-0.3, -0.25) is 0 Å². The SMILES string of the molecule is CC1C(c2ccccc2)C2C=CC=CC2C1[Si](C)(C)C1CCC2CCCCC21. The first-order valence-corrected chi connectivity index (χ1v) is 15.1. The van der Waals surface area contributed by atoms with Gasteiger partial charge in [-0.25, -0.2) is 0 Å². The number of benzene rings is 1. The topological polar surface area (TPSA) is 0 Å². The highest BCUT2D eigenvalue weighted by Gasteiger charge is 2.57. The summed E-state index contributed by atoms with van der Waals surface area (Å²) in [4.78, 5) is 0. The van der Waals surface area contributed by atoms with E-state index >= 15 is 0 Å². The Morgan fingerprint density at radius 3 is 2.32 bits per heavy atom. The monoisotopic (exact) mass is 390 g/mol. The molecule has 1 aromatic rings. The van der Waals surface area contributed by atoms with Gasteiger partial charge in [0, 0.05) is 0 Å². The summed E-state index contributed by atoms with van der Waals surface area (Å²) in [5, 5.41) is 0. The van der Waals surface area contributed by atoms with Crippen molar-refractivity contribution in [2.75, 3.05) is 0 Å². The minimum Gasteiger partial charge on any atom is -0.0808 e. The summed E-state index contributed by atoms with van der Waals surface area (Å²) in [5.74, 6) is 5.13. The molecule has 0 N–H and O–H groups in total. The molecule has 8 unspecified atom stereocenters. The van der Waals surface area contributed by atoms with E-state index in [4.69, 9.17) is 0 Å². The normalized spacial score (nSPS) is 42.4. The maximum Gasteiger partial charge on any atom is 0.0547 e. The molecule has 0 spiro atoms. The molecular weight excluding hydrogens is 352 g/mol. The predicted octanol–water partition coefficient (Wildman–Crippen LogP) is 7.83. The van der Waals surface area contributed by atoms with Gasteiger partial charge in [-0.1, -0.05) is 113 Å². The second-order valence-corrected chi connectivity index (χ2v) is 16.0. The Balaban J connectivity index is 1.50. The zero-order chi connectivity index (χ0) is 19.3. The van der Waals surface area contributed by atoms with E-state index in [2.05, 4.69) is 74.7 Å². The van der Waals surface area contributed by atoms with Crippen molar-refractivity contribution in [3.63, 3.8) is 0 Å². The number of hydrogen-bond acceptors (Lipinski definition) is 0. The van der Waals surface area contributed by atoms with Gasteiger partial charge in [-0.2, -0.15) is 0 Å². The zero-order valence-corrected chi connectivity index (χ0v) is 19.1. The molecule has 0 aliphatic heterocycles. The first-order valence-electron chi connectivity index (χ1n) is 12.0. The molecule has 0 saturated heterocycles. The average molecular weight is 391 g/mol. The van der Waals surface area contributed by atoms with E-state index in [1.807, 2.05) is 0 Å². The summed E-state index contributed by atoms with van der Waals surface area (Å²) in [6.07, 6.45) is 19.0. The van der Waals surface area contributed by atoms with Crippen LogP contribution in [0.4, 0.5) is 0 Å². The lowest BCUT2D eigenvalue weighted by atomic mass is 9.80. The number of hydrogen-bond donors (Lipinski definition) is 0. The van der Waals surface area contributed by atoms with Gasteiger partial charge in [0.05, 0.1) is 8.07 Å². The Kier molecular flexibility index (Phi) is 4.94. The summed E-state index contributed by atoms with van der Waals surface area (Å²) in [6, 6.07) is 11.5. The van der Waals surface area contributed by atoms with Crippen LogP contribution in [0.3, 0.4) is 0 Å². The second kappa shape index (κ2) is 7.31. The highest BCUT2D eigenvalue weighted by atomic mass is 28.3. The Labute approximate surface area is 173 Å². The molecule has 1 aromatic carbocycles. The first kappa shape index (κ1) is 18.9. The summed E-state index contributed by atoms with van der Waals surface area (Å²) < 4.78 is 0. The lowest BCUT2D eigenvalue weighted by Crippen LogP contribution is -2.44. The fourth-order valence-corrected chi connectivity index (χ4v) is 14.4. The lowest BCUT2D eigenvalue weighted by molar-refractivity contribution is 0.273. The molecule has 4 aliphatic rings. The molecule has 5 rings (SSSR count). The van der Waals surface area contributed by atoms with Crippen molar-refractivity contribution in [2.45, 2.75) is 75.5 Å². The molecule has 3 fully saturated rings. The van der Waals surface area contributed by atoms with E-state index in [1.54, 1.807) is 24.8 Å². The van der Waals surface area contributed by atoms with Crippen LogP contribution in [0.5, 0.6) is 0 Å². The molecular formula is C27H38Si. The minimum absolute atomic E-state index is 0.702. The Morgan fingerprint density at radius 1 is 0.821 bits per heavy atom. The number of rotatable bonds is 3. The van der Waals surface area contributed by atoms with Gasteiger partial charge in [0.2, 0.25) is 0 Å². The van der Waals surface area contributed by atoms with Crippen LogP contribution in [0.2, 0.25) is 24.2 Å². The Morgan fingerprint density at radius 2 is 1.54 bits per heavy atom. The summed E-state index contributed by atoms with van der Waals surface area (Å²) in [7, 11) is -1.38. The van der Waals surface area contributed by atoms with E-state index in [-0.39, 0.29) is 0 Å². The van der Waals surface area contributed by atoms with Crippen molar-refractivity contribution < 1.29 is 0 Å². The van der Waals surface area contributed by atoms with Gasteiger partial charge >= 0.3 is 0 Å². The maximum atomic E-state index is 2.80. The smallest absolute Gasteiger partial charge is 0.0547 e. The summed E-state index contributed by atoms with van der Waals surface area (Å²) in [5.41, 5.74) is 3.58. The van der Waals surface area contributed by atoms with Gasteiger partial charge < -0.3 is 0 Å². The second-order valence-electron chi connectivity index (χ2n) is 11.0. The lowest BCUT2D eigenvalue weighted by Gasteiger charge is -2.45. The van der Waals surface area contributed by atoms with E-state index in [9.17, 15) is 0 Å². The maximum absolute atomic E-state index is 2.80. The summed E-state index contributed by atoms with van der Waals surface area (Å²) in [6.45, 7) is 8.21. The third kappa shape index (κ3) is 2.92. The van der Waals surface area contributed by atoms with E-state index in [0.29, 0.717) is 11.8 Å². The molecule has 0 heterocycles. The minimum atomic E-state index is -1.38. The Hall–Kier alpha value is -1.08. The number of fused-ring (bicyclic) bond motifs is 2. The molecule has 1 heteroatoms. The van der Waals surface area contributed by atoms with Crippen LogP contribution in [0.25, 0.3) is 0 Å². The van der Waals surface area contributed by atoms with Crippen molar-refractivity contribution in [3.05, 3.63) is 60.2 Å². The molecule has 0 nitrogen and oxygen atoms in total. The third-order valence-electron chi connectivity index (χ3n) is 9.52. The van der Waals surface area contributed by atoms with Crippen LogP contribution in [-0.4, -0.2) is 8.07 Å². The molecule has 28 heavy (non-hydrogen) atoms. The van der Waals surface area contributed by atoms with Crippen LogP contribution in [0, 0.1) is 29.6 Å².